The van der Waals surface area contributed by atoms with Crippen LogP contribution in [0.5, 0.6) is 0 Å². The highest BCUT2D eigenvalue weighted by Gasteiger charge is 2.44. The monoisotopic (exact) mass is 286 g/mol. The summed E-state index contributed by atoms with van der Waals surface area (Å²) in [6, 6.07) is 7.70. The highest BCUT2D eigenvalue weighted by molar-refractivity contribution is 6.22. The number of rotatable bonds is 2. The number of amides is 2. The number of anilines is 1. The molecule has 2 atom stereocenters. The van der Waals surface area contributed by atoms with Gasteiger partial charge >= 0.3 is 0 Å². The zero-order valence-corrected chi connectivity index (χ0v) is 12.7. The van der Waals surface area contributed by atoms with Gasteiger partial charge in [-0.15, -0.1) is 0 Å². The Labute approximate surface area is 125 Å². The summed E-state index contributed by atoms with van der Waals surface area (Å²) in [5.74, 6) is -0.135. The molecule has 21 heavy (non-hydrogen) atoms. The molecule has 1 aromatic carbocycles. The molecular weight excluding hydrogens is 264 g/mol. The summed E-state index contributed by atoms with van der Waals surface area (Å²) in [6.07, 6.45) is 3.76. The molecule has 2 amide bonds. The fourth-order valence-corrected chi connectivity index (χ4v) is 3.42. The molecule has 0 aromatic heterocycles. The molecule has 0 unspecified atom stereocenters. The van der Waals surface area contributed by atoms with E-state index in [1.54, 1.807) is 0 Å². The Kier molecular flexibility index (Phi) is 3.81. The van der Waals surface area contributed by atoms with Crippen LogP contribution in [-0.4, -0.2) is 35.3 Å². The van der Waals surface area contributed by atoms with Gasteiger partial charge in [-0.05, 0) is 45.4 Å². The van der Waals surface area contributed by atoms with Crippen molar-refractivity contribution in [3.63, 3.8) is 0 Å². The molecule has 4 nitrogen and oxygen atoms in total. The van der Waals surface area contributed by atoms with E-state index in [9.17, 15) is 9.59 Å². The first kappa shape index (κ1) is 14.3. The molecule has 2 heterocycles. The number of benzene rings is 1. The minimum Gasteiger partial charge on any atom is -0.289 e. The van der Waals surface area contributed by atoms with Gasteiger partial charge in [-0.25, -0.2) is 4.90 Å². The van der Waals surface area contributed by atoms with Crippen molar-refractivity contribution in [1.29, 1.82) is 0 Å². The fraction of sp³-hybridized carbons (Fsp3) is 0.529. The van der Waals surface area contributed by atoms with Gasteiger partial charge in [0, 0.05) is 6.04 Å². The van der Waals surface area contributed by atoms with E-state index in [1.165, 1.54) is 11.3 Å². The fourth-order valence-electron chi connectivity index (χ4n) is 3.42. The molecule has 0 aliphatic carbocycles. The van der Waals surface area contributed by atoms with Crippen LogP contribution in [0, 0.1) is 6.92 Å². The van der Waals surface area contributed by atoms with Crippen LogP contribution in [0.4, 0.5) is 5.69 Å². The number of piperidine rings is 1. The van der Waals surface area contributed by atoms with Gasteiger partial charge in [0.1, 0.15) is 0 Å². The summed E-state index contributed by atoms with van der Waals surface area (Å²) in [5.41, 5.74) is 1.82. The highest BCUT2D eigenvalue weighted by atomic mass is 16.2. The Morgan fingerprint density at radius 1 is 1.10 bits per heavy atom. The van der Waals surface area contributed by atoms with Crippen LogP contribution in [0.25, 0.3) is 0 Å². The third-order valence-corrected chi connectivity index (χ3v) is 4.67. The largest absolute Gasteiger partial charge is 0.289 e. The van der Waals surface area contributed by atoms with Crippen LogP contribution >= 0.6 is 0 Å². The highest BCUT2D eigenvalue weighted by Crippen LogP contribution is 2.29. The molecule has 0 spiro atoms. The zero-order valence-electron chi connectivity index (χ0n) is 12.7. The maximum Gasteiger partial charge on any atom is 0.251 e. The van der Waals surface area contributed by atoms with Crippen molar-refractivity contribution in [2.24, 2.45) is 0 Å². The van der Waals surface area contributed by atoms with E-state index in [1.807, 2.05) is 31.2 Å². The Morgan fingerprint density at radius 3 is 2.48 bits per heavy atom. The molecule has 0 bridgehead atoms. The van der Waals surface area contributed by atoms with Crippen molar-refractivity contribution in [1.82, 2.24) is 4.90 Å². The molecule has 2 fully saturated rings. The van der Waals surface area contributed by atoms with Gasteiger partial charge in [-0.3, -0.25) is 14.5 Å². The first-order valence-corrected chi connectivity index (χ1v) is 7.77. The Morgan fingerprint density at radius 2 is 1.81 bits per heavy atom. The van der Waals surface area contributed by atoms with Crippen molar-refractivity contribution < 1.29 is 9.59 Å². The quantitative estimate of drug-likeness (QED) is 0.784. The van der Waals surface area contributed by atoms with Crippen LogP contribution < -0.4 is 4.90 Å². The SMILES string of the molecule is Cc1ccc(N2C(=O)C[C@@H](N3CCCC[C@H]3C)C2=O)cc1. The van der Waals surface area contributed by atoms with Crippen molar-refractivity contribution >= 4 is 17.5 Å². The lowest BCUT2D eigenvalue weighted by atomic mass is 10.0. The summed E-state index contributed by atoms with van der Waals surface area (Å²) < 4.78 is 0. The van der Waals surface area contributed by atoms with Crippen LogP contribution in [0.1, 0.15) is 38.2 Å². The molecule has 0 saturated carbocycles. The zero-order chi connectivity index (χ0) is 15.0. The smallest absolute Gasteiger partial charge is 0.251 e. The van der Waals surface area contributed by atoms with Crippen molar-refractivity contribution in [3.8, 4) is 0 Å². The average molecular weight is 286 g/mol. The standard InChI is InChI=1S/C17H22N2O2/c1-12-6-8-14(9-7-12)19-16(20)11-15(17(19)21)18-10-4-3-5-13(18)2/h6-9,13,15H,3-5,10-11H2,1-2H3/t13-,15-/m1/s1. The van der Waals surface area contributed by atoms with Gasteiger partial charge in [0.2, 0.25) is 5.91 Å². The number of hydrogen-bond donors (Lipinski definition) is 0. The predicted octanol–water partition coefficient (Wildman–Crippen LogP) is 2.50. The second-order valence-corrected chi connectivity index (χ2v) is 6.21. The van der Waals surface area contributed by atoms with Crippen LogP contribution in [-0.2, 0) is 9.59 Å². The normalized spacial score (nSPS) is 27.4. The average Bonchev–Trinajstić information content (AvgIpc) is 2.76. The second kappa shape index (κ2) is 5.60. The topological polar surface area (TPSA) is 40.6 Å². The lowest BCUT2D eigenvalue weighted by molar-refractivity contribution is -0.123. The van der Waals surface area contributed by atoms with Crippen LogP contribution in [0.15, 0.2) is 24.3 Å². The van der Waals surface area contributed by atoms with E-state index in [-0.39, 0.29) is 17.9 Å². The Hall–Kier alpha value is -1.68. The third kappa shape index (κ3) is 2.60. The molecule has 2 aliphatic rings. The molecule has 3 rings (SSSR count). The maximum absolute atomic E-state index is 12.7. The van der Waals surface area contributed by atoms with Crippen molar-refractivity contribution in [3.05, 3.63) is 29.8 Å². The number of nitrogens with zero attached hydrogens (tertiary/aromatic N) is 2. The Bertz CT molecular complexity index is 552. The van der Waals surface area contributed by atoms with Gasteiger partial charge in [-0.2, -0.15) is 0 Å². The third-order valence-electron chi connectivity index (χ3n) is 4.67. The molecule has 0 radical (unpaired) electrons. The van der Waals surface area contributed by atoms with E-state index in [0.29, 0.717) is 18.2 Å². The van der Waals surface area contributed by atoms with E-state index in [4.69, 9.17) is 0 Å². The number of carbonyl (C=O) groups excluding carboxylic acids is 2. The summed E-state index contributed by atoms with van der Waals surface area (Å²) >= 11 is 0. The van der Waals surface area contributed by atoms with E-state index < -0.39 is 0 Å². The minimum atomic E-state index is -0.269. The molecule has 0 N–H and O–H groups in total. The number of carbonyl (C=O) groups is 2. The molecular formula is C17H22N2O2. The molecule has 2 aliphatic heterocycles. The predicted molar refractivity (Wildman–Crippen MR) is 82.1 cm³/mol. The summed E-state index contributed by atoms with van der Waals surface area (Å²) in [5, 5.41) is 0. The molecule has 112 valence electrons. The lowest BCUT2D eigenvalue weighted by Crippen LogP contribution is -2.48. The van der Waals surface area contributed by atoms with Gasteiger partial charge < -0.3 is 0 Å². The van der Waals surface area contributed by atoms with Crippen molar-refractivity contribution in [2.75, 3.05) is 11.4 Å². The lowest BCUT2D eigenvalue weighted by Gasteiger charge is -2.36. The van der Waals surface area contributed by atoms with Gasteiger partial charge in [0.25, 0.3) is 5.91 Å². The first-order chi connectivity index (χ1) is 10.1. The number of imide groups is 1. The summed E-state index contributed by atoms with van der Waals surface area (Å²) in [6.45, 7) is 5.08. The van der Waals surface area contributed by atoms with Crippen LogP contribution in [0.2, 0.25) is 0 Å². The molecule has 1 aromatic rings. The van der Waals surface area contributed by atoms with Crippen LogP contribution in [0.3, 0.4) is 0 Å². The van der Waals surface area contributed by atoms with E-state index in [0.717, 1.165) is 24.9 Å². The molecule has 2 saturated heterocycles. The maximum atomic E-state index is 12.7. The first-order valence-electron chi connectivity index (χ1n) is 7.77. The van der Waals surface area contributed by atoms with Gasteiger partial charge in [-0.1, -0.05) is 24.1 Å². The molecule has 4 heteroatoms. The number of aryl methyl sites for hydroxylation is 1. The Balaban J connectivity index is 1.83. The van der Waals surface area contributed by atoms with E-state index >= 15 is 0 Å². The van der Waals surface area contributed by atoms with Crippen molar-refractivity contribution in [2.45, 2.75) is 51.6 Å². The summed E-state index contributed by atoms with van der Waals surface area (Å²) in [7, 11) is 0. The number of hydrogen-bond acceptors (Lipinski definition) is 3. The van der Waals surface area contributed by atoms with E-state index in [2.05, 4.69) is 11.8 Å². The number of likely N-dealkylation sites (tertiary alicyclic amines) is 1. The van der Waals surface area contributed by atoms with Gasteiger partial charge in [0.15, 0.2) is 0 Å². The van der Waals surface area contributed by atoms with Gasteiger partial charge in [0.05, 0.1) is 18.2 Å². The summed E-state index contributed by atoms with van der Waals surface area (Å²) in [4.78, 5) is 28.6. The minimum absolute atomic E-state index is 0.0578. The second-order valence-electron chi connectivity index (χ2n) is 6.21.